The van der Waals surface area contributed by atoms with Gasteiger partial charge in [-0.25, -0.2) is 4.68 Å². The monoisotopic (exact) mass is 189 g/mol. The van der Waals surface area contributed by atoms with Gasteiger partial charge in [-0.3, -0.25) is 0 Å². The summed E-state index contributed by atoms with van der Waals surface area (Å²) in [7, 11) is 1.65. The maximum Gasteiger partial charge on any atom is 0.119 e. The summed E-state index contributed by atoms with van der Waals surface area (Å²) < 4.78 is 6.80. The molecule has 0 aliphatic heterocycles. The number of nitrogens with zero attached hydrogens (tertiary/aromatic N) is 3. The first-order valence-electron chi connectivity index (χ1n) is 4.33. The van der Waals surface area contributed by atoms with Crippen LogP contribution < -0.4 is 4.74 Å². The molecule has 1 heterocycles. The van der Waals surface area contributed by atoms with Crippen molar-refractivity contribution in [3.05, 3.63) is 36.2 Å². The van der Waals surface area contributed by atoms with E-state index in [4.69, 9.17) is 4.74 Å². The maximum absolute atomic E-state index is 5.06. The second kappa shape index (κ2) is 3.49. The Morgan fingerprint density at radius 2 is 1.93 bits per heavy atom. The summed E-state index contributed by atoms with van der Waals surface area (Å²) in [5, 5.41) is 7.88. The third kappa shape index (κ3) is 1.59. The molecule has 0 amide bonds. The van der Waals surface area contributed by atoms with Crippen LogP contribution in [0.3, 0.4) is 0 Å². The number of benzene rings is 1. The van der Waals surface area contributed by atoms with Crippen molar-refractivity contribution < 1.29 is 4.74 Å². The van der Waals surface area contributed by atoms with E-state index >= 15 is 0 Å². The van der Waals surface area contributed by atoms with Gasteiger partial charge >= 0.3 is 0 Å². The molecular weight excluding hydrogens is 178 g/mol. The Hall–Kier alpha value is -1.84. The molecule has 0 aliphatic carbocycles. The van der Waals surface area contributed by atoms with Crippen LogP contribution in [0.15, 0.2) is 30.5 Å². The predicted octanol–water partition coefficient (Wildman–Crippen LogP) is 1.58. The maximum atomic E-state index is 5.06. The molecule has 1 aromatic carbocycles. The smallest absolute Gasteiger partial charge is 0.119 e. The van der Waals surface area contributed by atoms with Crippen molar-refractivity contribution in [3.8, 4) is 11.4 Å². The number of ether oxygens (including phenoxy) is 1. The molecule has 0 unspecified atom stereocenters. The fourth-order valence-corrected chi connectivity index (χ4v) is 1.21. The van der Waals surface area contributed by atoms with Crippen molar-refractivity contribution in [1.82, 2.24) is 15.0 Å². The molecule has 4 nitrogen and oxygen atoms in total. The van der Waals surface area contributed by atoms with E-state index in [0.717, 1.165) is 17.1 Å². The molecule has 72 valence electrons. The average Bonchev–Trinajstić information content (AvgIpc) is 2.65. The molecule has 0 N–H and O–H groups in total. The van der Waals surface area contributed by atoms with Crippen molar-refractivity contribution in [2.45, 2.75) is 6.92 Å². The number of rotatable bonds is 2. The summed E-state index contributed by atoms with van der Waals surface area (Å²) in [6.07, 6.45) is 1.88. The Balaban J connectivity index is 2.33. The van der Waals surface area contributed by atoms with Crippen molar-refractivity contribution in [2.24, 2.45) is 0 Å². The largest absolute Gasteiger partial charge is 0.497 e. The molecular formula is C10H11N3O. The van der Waals surface area contributed by atoms with Crippen molar-refractivity contribution in [2.75, 3.05) is 7.11 Å². The van der Waals surface area contributed by atoms with Gasteiger partial charge in [0, 0.05) is 0 Å². The van der Waals surface area contributed by atoms with Gasteiger partial charge < -0.3 is 4.74 Å². The lowest BCUT2D eigenvalue weighted by atomic mass is 10.3. The van der Waals surface area contributed by atoms with Gasteiger partial charge in [0.2, 0.25) is 0 Å². The van der Waals surface area contributed by atoms with Crippen LogP contribution >= 0.6 is 0 Å². The third-order valence-corrected chi connectivity index (χ3v) is 1.94. The van der Waals surface area contributed by atoms with Crippen molar-refractivity contribution >= 4 is 0 Å². The minimum Gasteiger partial charge on any atom is -0.497 e. The molecule has 0 radical (unpaired) electrons. The molecule has 0 aliphatic rings. The van der Waals surface area contributed by atoms with E-state index < -0.39 is 0 Å². The van der Waals surface area contributed by atoms with E-state index in [9.17, 15) is 0 Å². The number of methoxy groups -OCH3 is 1. The molecule has 0 fully saturated rings. The molecule has 4 heteroatoms. The lowest BCUT2D eigenvalue weighted by Gasteiger charge is -2.01. The highest BCUT2D eigenvalue weighted by Crippen LogP contribution is 2.13. The van der Waals surface area contributed by atoms with Gasteiger partial charge in [0.25, 0.3) is 0 Å². The fraction of sp³-hybridized carbons (Fsp3) is 0.200. The van der Waals surface area contributed by atoms with Crippen LogP contribution in [0.4, 0.5) is 0 Å². The van der Waals surface area contributed by atoms with E-state index in [1.807, 2.05) is 37.4 Å². The summed E-state index contributed by atoms with van der Waals surface area (Å²) in [4.78, 5) is 0. The minimum atomic E-state index is 0.839. The predicted molar refractivity (Wildman–Crippen MR) is 52.6 cm³/mol. The van der Waals surface area contributed by atoms with E-state index in [2.05, 4.69) is 10.3 Å². The first kappa shape index (κ1) is 8.74. The topological polar surface area (TPSA) is 39.9 Å². The molecule has 2 aromatic rings. The quantitative estimate of drug-likeness (QED) is 0.720. The van der Waals surface area contributed by atoms with E-state index in [-0.39, 0.29) is 0 Å². The highest BCUT2D eigenvalue weighted by Gasteiger charge is 1.98. The fourth-order valence-electron chi connectivity index (χ4n) is 1.21. The number of hydrogen-bond donors (Lipinski definition) is 0. The molecule has 0 atom stereocenters. The van der Waals surface area contributed by atoms with Gasteiger partial charge in [-0.15, -0.1) is 5.10 Å². The summed E-state index contributed by atoms with van der Waals surface area (Å²) in [6, 6.07) is 7.67. The van der Waals surface area contributed by atoms with E-state index in [0.29, 0.717) is 0 Å². The van der Waals surface area contributed by atoms with Gasteiger partial charge in [-0.2, -0.15) is 0 Å². The average molecular weight is 189 g/mol. The first-order chi connectivity index (χ1) is 6.79. The van der Waals surface area contributed by atoms with Crippen LogP contribution in [0, 0.1) is 6.92 Å². The third-order valence-electron chi connectivity index (χ3n) is 1.94. The Labute approximate surface area is 82.1 Å². The Bertz CT molecular complexity index is 419. The van der Waals surface area contributed by atoms with Gasteiger partial charge in [0.05, 0.1) is 24.7 Å². The minimum absolute atomic E-state index is 0.839. The zero-order valence-corrected chi connectivity index (χ0v) is 8.14. The molecule has 0 saturated carbocycles. The van der Waals surface area contributed by atoms with Crippen LogP contribution in [0.5, 0.6) is 5.75 Å². The van der Waals surface area contributed by atoms with Crippen LogP contribution in [0.25, 0.3) is 5.69 Å². The lowest BCUT2D eigenvalue weighted by Crippen LogP contribution is -1.94. The summed E-state index contributed by atoms with van der Waals surface area (Å²) >= 11 is 0. The van der Waals surface area contributed by atoms with E-state index in [1.165, 1.54) is 0 Å². The Morgan fingerprint density at radius 1 is 1.21 bits per heavy atom. The molecule has 0 saturated heterocycles. The Morgan fingerprint density at radius 3 is 2.43 bits per heavy atom. The molecule has 0 spiro atoms. The van der Waals surface area contributed by atoms with Gasteiger partial charge in [-0.05, 0) is 31.2 Å². The van der Waals surface area contributed by atoms with Crippen molar-refractivity contribution in [1.29, 1.82) is 0 Å². The van der Waals surface area contributed by atoms with Crippen LogP contribution in [-0.4, -0.2) is 22.1 Å². The van der Waals surface area contributed by atoms with Gasteiger partial charge in [-0.1, -0.05) is 5.21 Å². The normalized spacial score (nSPS) is 10.1. The second-order valence-corrected chi connectivity index (χ2v) is 3.00. The first-order valence-corrected chi connectivity index (χ1v) is 4.33. The van der Waals surface area contributed by atoms with Crippen LogP contribution in [-0.2, 0) is 0 Å². The standard InChI is InChI=1S/C10H11N3O/c1-8-7-13(12-11-8)9-3-5-10(14-2)6-4-9/h3-7H,1-2H3. The lowest BCUT2D eigenvalue weighted by molar-refractivity contribution is 0.414. The Kier molecular flexibility index (Phi) is 2.18. The van der Waals surface area contributed by atoms with Crippen LogP contribution in [0.1, 0.15) is 5.69 Å². The number of aryl methyl sites for hydroxylation is 1. The zero-order chi connectivity index (χ0) is 9.97. The number of aromatic nitrogens is 3. The van der Waals surface area contributed by atoms with Crippen molar-refractivity contribution in [3.63, 3.8) is 0 Å². The molecule has 0 bridgehead atoms. The summed E-state index contributed by atoms with van der Waals surface area (Å²) in [6.45, 7) is 1.91. The van der Waals surface area contributed by atoms with Gasteiger partial charge in [0.1, 0.15) is 5.75 Å². The highest BCUT2D eigenvalue weighted by atomic mass is 16.5. The highest BCUT2D eigenvalue weighted by molar-refractivity contribution is 5.36. The van der Waals surface area contributed by atoms with Crippen LogP contribution in [0.2, 0.25) is 0 Å². The summed E-state index contributed by atoms with van der Waals surface area (Å²) in [5.41, 5.74) is 1.88. The zero-order valence-electron chi connectivity index (χ0n) is 8.14. The summed E-state index contributed by atoms with van der Waals surface area (Å²) in [5.74, 6) is 0.839. The molecule has 2 rings (SSSR count). The SMILES string of the molecule is COc1ccc(-n2cc(C)nn2)cc1. The van der Waals surface area contributed by atoms with E-state index in [1.54, 1.807) is 11.8 Å². The second-order valence-electron chi connectivity index (χ2n) is 3.00. The molecule has 1 aromatic heterocycles. The van der Waals surface area contributed by atoms with Gasteiger partial charge in [0.15, 0.2) is 0 Å². The molecule has 14 heavy (non-hydrogen) atoms. The number of hydrogen-bond acceptors (Lipinski definition) is 3.